The van der Waals surface area contributed by atoms with Crippen molar-refractivity contribution in [3.05, 3.63) is 72.3 Å². The van der Waals surface area contributed by atoms with Gasteiger partial charge in [-0.15, -0.1) is 0 Å². The second kappa shape index (κ2) is 4.99. The monoisotopic (exact) mass is 377 g/mol. The molecule has 0 amide bonds. The standard InChI is InChI=1S/C27H25N2/c1-3-26-16-17-27(26,4-2)29-23-15-8-7-14-22(23)28-21-13-6-5-10-18(21)19-11-9-12-20(26)24(19)25(28)29/h5-15H,3-4,16-17H2,1-2H3/q+1. The van der Waals surface area contributed by atoms with E-state index in [1.165, 1.54) is 64.0 Å². The third kappa shape index (κ3) is 1.49. The molecule has 1 aliphatic carbocycles. The summed E-state index contributed by atoms with van der Waals surface area (Å²) in [7, 11) is 0. The van der Waals surface area contributed by atoms with Crippen LogP contribution in [0, 0.1) is 0 Å². The van der Waals surface area contributed by atoms with Crippen molar-refractivity contribution in [3.8, 4) is 0 Å². The molecule has 0 N–H and O–H groups in total. The number of imidazole rings is 1. The van der Waals surface area contributed by atoms with Crippen molar-refractivity contribution in [2.45, 2.75) is 50.5 Å². The van der Waals surface area contributed by atoms with Gasteiger partial charge in [-0.1, -0.05) is 62.4 Å². The van der Waals surface area contributed by atoms with Crippen LogP contribution in [-0.4, -0.2) is 4.40 Å². The van der Waals surface area contributed by atoms with E-state index in [2.05, 4.69) is 89.5 Å². The third-order valence-electron chi connectivity index (χ3n) is 8.50. The van der Waals surface area contributed by atoms with Crippen LogP contribution in [0.3, 0.4) is 0 Å². The minimum Gasteiger partial charge on any atom is -0.216 e. The highest BCUT2D eigenvalue weighted by atomic mass is 15.2. The molecule has 2 heteroatoms. The number of benzene rings is 3. The molecular weight excluding hydrogens is 352 g/mol. The van der Waals surface area contributed by atoms with Crippen LogP contribution in [0.2, 0.25) is 0 Å². The molecule has 7 rings (SSSR count). The van der Waals surface area contributed by atoms with E-state index in [4.69, 9.17) is 0 Å². The summed E-state index contributed by atoms with van der Waals surface area (Å²) in [6.45, 7) is 4.81. The second-order valence-electron chi connectivity index (χ2n) is 9.05. The van der Waals surface area contributed by atoms with Crippen LogP contribution in [0.5, 0.6) is 0 Å². The Labute approximate surface area is 170 Å². The zero-order chi connectivity index (χ0) is 19.4. The molecule has 2 aromatic heterocycles. The first-order chi connectivity index (χ1) is 14.3. The lowest BCUT2D eigenvalue weighted by molar-refractivity contribution is -0.748. The lowest BCUT2D eigenvalue weighted by atomic mass is 9.47. The number of rotatable bonds is 2. The number of aromatic nitrogens is 2. The topological polar surface area (TPSA) is 8.29 Å². The first-order valence-electron chi connectivity index (χ1n) is 11.1. The van der Waals surface area contributed by atoms with Crippen LogP contribution < -0.4 is 4.57 Å². The van der Waals surface area contributed by atoms with Gasteiger partial charge in [-0.25, -0.2) is 4.57 Å². The lowest BCUT2D eigenvalue weighted by Crippen LogP contribution is -2.74. The molecule has 1 fully saturated rings. The Morgan fingerprint density at radius 1 is 0.793 bits per heavy atom. The van der Waals surface area contributed by atoms with Crippen molar-refractivity contribution in [3.63, 3.8) is 0 Å². The minimum atomic E-state index is 0.180. The zero-order valence-corrected chi connectivity index (χ0v) is 17.1. The first kappa shape index (κ1) is 16.0. The minimum absolute atomic E-state index is 0.180. The summed E-state index contributed by atoms with van der Waals surface area (Å²) < 4.78 is 5.31. The van der Waals surface area contributed by atoms with Crippen LogP contribution in [0.1, 0.15) is 45.1 Å². The van der Waals surface area contributed by atoms with Crippen molar-refractivity contribution < 1.29 is 4.57 Å². The van der Waals surface area contributed by atoms with Crippen LogP contribution in [0.25, 0.3) is 38.4 Å². The van der Waals surface area contributed by atoms with Crippen molar-refractivity contribution in [2.75, 3.05) is 0 Å². The molecule has 1 aliphatic heterocycles. The van der Waals surface area contributed by atoms with Crippen LogP contribution in [0.4, 0.5) is 0 Å². The van der Waals surface area contributed by atoms with E-state index < -0.39 is 0 Å². The van der Waals surface area contributed by atoms with Gasteiger partial charge in [-0.2, -0.15) is 4.40 Å². The molecule has 1 saturated carbocycles. The SMILES string of the molecule is CCC12CCC1(CC)[n+]1c3ccccc3n3c4ccccc4c4cccc2c4c31. The van der Waals surface area contributed by atoms with Gasteiger partial charge in [-0.3, -0.25) is 0 Å². The first-order valence-corrected chi connectivity index (χ1v) is 11.1. The van der Waals surface area contributed by atoms with Gasteiger partial charge < -0.3 is 0 Å². The summed E-state index contributed by atoms with van der Waals surface area (Å²) in [5.41, 5.74) is 7.45. The van der Waals surface area contributed by atoms with E-state index in [9.17, 15) is 0 Å². The van der Waals surface area contributed by atoms with Gasteiger partial charge in [0.25, 0.3) is 5.65 Å². The number of hydrogen-bond acceptors (Lipinski definition) is 0. The third-order valence-corrected chi connectivity index (χ3v) is 8.50. The maximum absolute atomic E-state index is 2.76. The molecule has 142 valence electrons. The van der Waals surface area contributed by atoms with Gasteiger partial charge in [0, 0.05) is 16.2 Å². The molecule has 0 radical (unpaired) electrons. The van der Waals surface area contributed by atoms with Crippen LogP contribution in [-0.2, 0) is 11.0 Å². The highest BCUT2D eigenvalue weighted by molar-refractivity contribution is 6.14. The summed E-state index contributed by atoms with van der Waals surface area (Å²) in [6.07, 6.45) is 4.94. The Balaban J connectivity index is 1.92. The molecule has 3 aromatic carbocycles. The van der Waals surface area contributed by atoms with Crippen molar-refractivity contribution in [2.24, 2.45) is 0 Å². The van der Waals surface area contributed by atoms with Crippen LogP contribution >= 0.6 is 0 Å². The largest absolute Gasteiger partial charge is 0.296 e. The predicted octanol–water partition coefficient (Wildman–Crippen LogP) is 6.25. The van der Waals surface area contributed by atoms with Crippen molar-refractivity contribution >= 4 is 38.4 Å². The molecule has 3 heterocycles. The van der Waals surface area contributed by atoms with E-state index in [0.717, 1.165) is 0 Å². The number of nitrogens with zero attached hydrogens (tertiary/aromatic N) is 2. The second-order valence-corrected chi connectivity index (χ2v) is 9.05. The predicted molar refractivity (Wildman–Crippen MR) is 120 cm³/mol. The summed E-state index contributed by atoms with van der Waals surface area (Å²) >= 11 is 0. The average Bonchev–Trinajstić information content (AvgIpc) is 3.10. The van der Waals surface area contributed by atoms with Crippen LogP contribution in [0.15, 0.2) is 66.7 Å². The normalized spacial score (nSPS) is 25.2. The maximum Gasteiger partial charge on any atom is 0.296 e. The zero-order valence-electron chi connectivity index (χ0n) is 17.1. The molecule has 2 nitrogen and oxygen atoms in total. The summed E-state index contributed by atoms with van der Waals surface area (Å²) in [4.78, 5) is 0. The van der Waals surface area contributed by atoms with Crippen molar-refractivity contribution in [1.82, 2.24) is 4.40 Å². The number of pyridine rings is 1. The smallest absolute Gasteiger partial charge is 0.216 e. The molecule has 0 spiro atoms. The quantitative estimate of drug-likeness (QED) is 0.254. The van der Waals surface area contributed by atoms with E-state index in [0.29, 0.717) is 0 Å². The Kier molecular flexibility index (Phi) is 2.75. The van der Waals surface area contributed by atoms with Crippen molar-refractivity contribution in [1.29, 1.82) is 0 Å². The fourth-order valence-corrected chi connectivity index (χ4v) is 7.18. The van der Waals surface area contributed by atoms with Gasteiger partial charge in [0.1, 0.15) is 11.1 Å². The fourth-order valence-electron chi connectivity index (χ4n) is 7.18. The Morgan fingerprint density at radius 2 is 1.55 bits per heavy atom. The number of fused-ring (bicyclic) bond motifs is 9. The Hall–Kier alpha value is -2.87. The molecule has 0 saturated heterocycles. The summed E-state index contributed by atoms with van der Waals surface area (Å²) in [5.74, 6) is 0. The van der Waals surface area contributed by atoms with E-state index >= 15 is 0 Å². The molecule has 2 unspecified atom stereocenters. The number of para-hydroxylation sites is 3. The highest BCUT2D eigenvalue weighted by Crippen LogP contribution is 2.62. The average molecular weight is 378 g/mol. The molecular formula is C27H25N2+. The van der Waals surface area contributed by atoms with E-state index in [-0.39, 0.29) is 11.0 Å². The van der Waals surface area contributed by atoms with Gasteiger partial charge in [-0.05, 0) is 49.4 Å². The number of hydrogen-bond donors (Lipinski definition) is 0. The summed E-state index contributed by atoms with van der Waals surface area (Å²) in [6, 6.07) is 25.1. The van der Waals surface area contributed by atoms with Gasteiger partial charge in [0.15, 0.2) is 11.0 Å². The lowest BCUT2D eigenvalue weighted by Gasteiger charge is -2.59. The van der Waals surface area contributed by atoms with Gasteiger partial charge in [0.05, 0.1) is 5.39 Å². The summed E-state index contributed by atoms with van der Waals surface area (Å²) in [5, 5.41) is 4.25. The highest BCUT2D eigenvalue weighted by Gasteiger charge is 2.66. The van der Waals surface area contributed by atoms with E-state index in [1.54, 1.807) is 5.56 Å². The molecule has 29 heavy (non-hydrogen) atoms. The maximum atomic E-state index is 2.76. The molecule has 0 bridgehead atoms. The molecule has 2 aliphatic rings. The Bertz CT molecular complexity index is 1480. The van der Waals surface area contributed by atoms with Gasteiger partial charge in [0.2, 0.25) is 0 Å². The fraction of sp³-hybridized carbons (Fsp3) is 0.296. The van der Waals surface area contributed by atoms with Gasteiger partial charge >= 0.3 is 0 Å². The molecule has 2 atom stereocenters. The Morgan fingerprint density at radius 3 is 2.31 bits per heavy atom. The molecule has 5 aromatic rings. The van der Waals surface area contributed by atoms with E-state index in [1.807, 2.05) is 0 Å².